The van der Waals surface area contributed by atoms with E-state index in [9.17, 15) is 0 Å². The fourth-order valence-corrected chi connectivity index (χ4v) is 6.42. The summed E-state index contributed by atoms with van der Waals surface area (Å²) in [7, 11) is -0.782. The molecule has 0 heterocycles. The van der Waals surface area contributed by atoms with Crippen molar-refractivity contribution in [3.8, 4) is 0 Å². The molecule has 0 atom stereocenters. The van der Waals surface area contributed by atoms with Crippen LogP contribution in [-0.2, 0) is 0 Å². The molecule has 0 aliphatic rings. The molecule has 0 unspecified atom stereocenters. The monoisotopic (exact) mass is 197 g/mol. The van der Waals surface area contributed by atoms with E-state index in [0.717, 1.165) is 0 Å². The van der Waals surface area contributed by atoms with Gasteiger partial charge in [0.25, 0.3) is 0 Å². The Morgan fingerprint density at radius 3 is 1.30 bits per heavy atom. The molecule has 62 valence electrons. The Kier molecular flexibility index (Phi) is 5.45. The number of thiol groups is 2. The van der Waals surface area contributed by atoms with E-state index in [1.54, 1.807) is 0 Å². The third-order valence-electron chi connectivity index (χ3n) is 2.38. The zero-order valence-electron chi connectivity index (χ0n) is 7.04. The molecule has 0 aliphatic heterocycles. The lowest BCUT2D eigenvalue weighted by molar-refractivity contribution is 1.29. The van der Waals surface area contributed by atoms with Crippen molar-refractivity contribution in [3.05, 3.63) is 0 Å². The lowest BCUT2D eigenvalue weighted by Crippen LogP contribution is -2.09. The molecule has 0 nitrogen and oxygen atoms in total. The topological polar surface area (TPSA) is 0 Å². The summed E-state index contributed by atoms with van der Waals surface area (Å²) in [6.45, 7) is 6.79. The van der Waals surface area contributed by atoms with E-state index in [2.05, 4.69) is 46.0 Å². The van der Waals surface area contributed by atoms with Crippen LogP contribution in [0, 0.1) is 0 Å². The fraction of sp³-hybridized carbons (Fsp3) is 1.00. The second kappa shape index (κ2) is 4.90. The predicted molar refractivity (Wildman–Crippen MR) is 60.3 cm³/mol. The van der Waals surface area contributed by atoms with Crippen LogP contribution in [0.15, 0.2) is 0 Å². The Bertz CT molecular complexity index is 81.3. The molecule has 0 amide bonds. The van der Waals surface area contributed by atoms with Gasteiger partial charge in [-0.25, -0.2) is 0 Å². The highest BCUT2D eigenvalue weighted by Gasteiger charge is 2.36. The maximum Gasteiger partial charge on any atom is 0.154 e. The van der Waals surface area contributed by atoms with Crippen molar-refractivity contribution in [2.75, 3.05) is 18.5 Å². The van der Waals surface area contributed by atoms with Crippen molar-refractivity contribution in [2.24, 2.45) is 0 Å². The summed E-state index contributed by atoms with van der Waals surface area (Å²) in [6, 6.07) is 0. The minimum atomic E-state index is -0.782. The Labute approximate surface area is 76.3 Å². The van der Waals surface area contributed by atoms with Crippen molar-refractivity contribution >= 4 is 32.5 Å². The molecule has 0 aromatic carbocycles. The van der Waals surface area contributed by atoms with Gasteiger partial charge in [-0.1, -0.05) is 0 Å². The van der Waals surface area contributed by atoms with E-state index in [1.165, 1.54) is 18.5 Å². The van der Waals surface area contributed by atoms with E-state index in [4.69, 9.17) is 0 Å². The molecular formula is C7H18PS2+. The van der Waals surface area contributed by atoms with Gasteiger partial charge in [-0.15, -0.1) is 25.3 Å². The maximum absolute atomic E-state index is 4.43. The highest BCUT2D eigenvalue weighted by atomic mass is 32.2. The number of rotatable bonds is 4. The van der Waals surface area contributed by atoms with Crippen LogP contribution in [0.5, 0.6) is 0 Å². The molecule has 0 N–H and O–H groups in total. The minimum Gasteiger partial charge on any atom is -0.125 e. The molecule has 10 heavy (non-hydrogen) atoms. The molecule has 0 aliphatic carbocycles. The van der Waals surface area contributed by atoms with Crippen LogP contribution in [0.25, 0.3) is 0 Å². The first-order valence-electron chi connectivity index (χ1n) is 3.84. The molecule has 0 fully saturated rings. The molecule has 0 aromatic rings. The van der Waals surface area contributed by atoms with Crippen LogP contribution in [0.2, 0.25) is 0 Å². The van der Waals surface area contributed by atoms with Gasteiger partial charge in [0.05, 0.1) is 18.5 Å². The summed E-state index contributed by atoms with van der Waals surface area (Å²) in [6.07, 6.45) is 3.87. The van der Waals surface area contributed by atoms with Crippen LogP contribution in [0.4, 0.5) is 0 Å². The summed E-state index contributed by atoms with van der Waals surface area (Å²) in [5, 5.41) is 0. The highest BCUT2D eigenvalue weighted by molar-refractivity contribution is 8.12. The standard InChI is InChI=1S/C7H17PS2/c1-4-8(5-2,6-3)7(9)10/h7H,4-6H2,1-3H3,(H-,9,10)/p+1. The van der Waals surface area contributed by atoms with Crippen molar-refractivity contribution in [2.45, 2.75) is 25.1 Å². The summed E-state index contributed by atoms with van der Waals surface area (Å²) in [4.78, 5) is 0. The van der Waals surface area contributed by atoms with Gasteiger partial charge < -0.3 is 0 Å². The van der Waals surface area contributed by atoms with Gasteiger partial charge in [-0.05, 0) is 20.8 Å². The van der Waals surface area contributed by atoms with Crippen LogP contribution in [0.1, 0.15) is 20.8 Å². The third-order valence-corrected chi connectivity index (χ3v) is 10.1. The van der Waals surface area contributed by atoms with Gasteiger partial charge in [0.1, 0.15) is 0 Å². The Balaban J connectivity index is 4.15. The largest absolute Gasteiger partial charge is 0.154 e. The molecule has 0 rings (SSSR count). The average molecular weight is 197 g/mol. The predicted octanol–water partition coefficient (Wildman–Crippen LogP) is 3.21. The van der Waals surface area contributed by atoms with Crippen LogP contribution in [-0.4, -0.2) is 22.8 Å². The molecule has 0 bridgehead atoms. The summed E-state index contributed by atoms with van der Waals surface area (Å²) >= 11 is 8.87. The zero-order chi connectivity index (χ0) is 8.20. The molecule has 0 saturated heterocycles. The lowest BCUT2D eigenvalue weighted by Gasteiger charge is -2.25. The van der Waals surface area contributed by atoms with Gasteiger partial charge in [-0.3, -0.25) is 0 Å². The molecular weight excluding hydrogens is 179 g/mol. The van der Waals surface area contributed by atoms with Gasteiger partial charge in [0.2, 0.25) is 0 Å². The fourth-order valence-electron chi connectivity index (χ4n) is 1.16. The molecule has 0 spiro atoms. The molecule has 3 heteroatoms. The lowest BCUT2D eigenvalue weighted by atomic mass is 10.9. The van der Waals surface area contributed by atoms with Crippen molar-refractivity contribution in [1.82, 2.24) is 0 Å². The van der Waals surface area contributed by atoms with Gasteiger partial charge in [0.15, 0.2) is 4.32 Å². The summed E-state index contributed by atoms with van der Waals surface area (Å²) < 4.78 is 0.340. The Morgan fingerprint density at radius 2 is 1.30 bits per heavy atom. The first-order chi connectivity index (χ1) is 4.63. The average Bonchev–Trinajstić information content (AvgIpc) is 1.92. The quantitative estimate of drug-likeness (QED) is 0.386. The maximum atomic E-state index is 4.43. The SMILES string of the molecule is CC[P+](CC)(CC)C(S)S. The second-order valence-electron chi connectivity index (χ2n) is 2.51. The van der Waals surface area contributed by atoms with E-state index >= 15 is 0 Å². The van der Waals surface area contributed by atoms with Crippen molar-refractivity contribution < 1.29 is 0 Å². The van der Waals surface area contributed by atoms with E-state index in [1.807, 2.05) is 0 Å². The van der Waals surface area contributed by atoms with Crippen LogP contribution in [0.3, 0.4) is 0 Å². The van der Waals surface area contributed by atoms with Crippen LogP contribution < -0.4 is 0 Å². The van der Waals surface area contributed by atoms with Gasteiger partial charge in [-0.2, -0.15) is 0 Å². The van der Waals surface area contributed by atoms with Crippen LogP contribution >= 0.6 is 32.5 Å². The Morgan fingerprint density at radius 1 is 1.00 bits per heavy atom. The van der Waals surface area contributed by atoms with E-state index in [0.29, 0.717) is 4.32 Å². The first-order valence-corrected chi connectivity index (χ1v) is 7.29. The van der Waals surface area contributed by atoms with E-state index < -0.39 is 7.26 Å². The smallest absolute Gasteiger partial charge is 0.125 e. The second-order valence-corrected chi connectivity index (χ2v) is 9.62. The van der Waals surface area contributed by atoms with E-state index in [-0.39, 0.29) is 0 Å². The summed E-state index contributed by atoms with van der Waals surface area (Å²) in [5.74, 6) is 0. The first kappa shape index (κ1) is 11.1. The van der Waals surface area contributed by atoms with Crippen molar-refractivity contribution in [1.29, 1.82) is 0 Å². The molecule has 0 radical (unpaired) electrons. The van der Waals surface area contributed by atoms with Crippen molar-refractivity contribution in [3.63, 3.8) is 0 Å². The number of hydrogen-bond donors (Lipinski definition) is 2. The third kappa shape index (κ3) is 2.32. The minimum absolute atomic E-state index is 0.340. The molecule has 0 saturated carbocycles. The summed E-state index contributed by atoms with van der Waals surface area (Å²) in [5.41, 5.74) is 0. The van der Waals surface area contributed by atoms with Gasteiger partial charge in [0, 0.05) is 7.26 Å². The van der Waals surface area contributed by atoms with Gasteiger partial charge >= 0.3 is 0 Å². The Hall–Kier alpha value is 1.13. The number of hydrogen-bond acceptors (Lipinski definition) is 2. The normalized spacial score (nSPS) is 12.6. The highest BCUT2D eigenvalue weighted by Crippen LogP contribution is 2.64. The molecule has 0 aromatic heterocycles. The zero-order valence-corrected chi connectivity index (χ0v) is 9.72.